The van der Waals surface area contributed by atoms with Crippen LogP contribution in [0.4, 0.5) is 0 Å². The van der Waals surface area contributed by atoms with Gasteiger partial charge in [0.25, 0.3) is 0 Å². The molecule has 2 N–H and O–H groups in total. The molecule has 0 radical (unpaired) electrons. The van der Waals surface area contributed by atoms with Crippen molar-refractivity contribution in [3.05, 3.63) is 34.3 Å². The molecule has 0 heterocycles. The van der Waals surface area contributed by atoms with Gasteiger partial charge in [0.15, 0.2) is 0 Å². The number of aliphatic hydroxyl groups is 2. The van der Waals surface area contributed by atoms with Gasteiger partial charge in [0.05, 0.1) is 19.1 Å². The van der Waals surface area contributed by atoms with Crippen LogP contribution in [0.25, 0.3) is 0 Å². The SMILES string of the molecule is CCOC(=O)CC(O)C(O)c1cc(Cl)ccc1C=O. The first-order valence-electron chi connectivity index (χ1n) is 5.76. The Kier molecular flexibility index (Phi) is 5.95. The van der Waals surface area contributed by atoms with E-state index in [9.17, 15) is 19.8 Å². The first kappa shape index (κ1) is 15.6. The van der Waals surface area contributed by atoms with Gasteiger partial charge < -0.3 is 14.9 Å². The summed E-state index contributed by atoms with van der Waals surface area (Å²) >= 11 is 5.78. The predicted molar refractivity (Wildman–Crippen MR) is 69.1 cm³/mol. The van der Waals surface area contributed by atoms with Crippen molar-refractivity contribution >= 4 is 23.9 Å². The highest BCUT2D eigenvalue weighted by atomic mass is 35.5. The van der Waals surface area contributed by atoms with Gasteiger partial charge >= 0.3 is 5.97 Å². The van der Waals surface area contributed by atoms with Crippen molar-refractivity contribution in [2.24, 2.45) is 0 Å². The van der Waals surface area contributed by atoms with Gasteiger partial charge in [-0.2, -0.15) is 0 Å². The number of benzene rings is 1. The van der Waals surface area contributed by atoms with Crippen molar-refractivity contribution < 1.29 is 24.5 Å². The number of aliphatic hydroxyl groups excluding tert-OH is 2. The van der Waals surface area contributed by atoms with E-state index in [0.717, 1.165) is 0 Å². The summed E-state index contributed by atoms with van der Waals surface area (Å²) in [7, 11) is 0. The van der Waals surface area contributed by atoms with Gasteiger partial charge in [-0.05, 0) is 30.7 Å². The molecule has 0 fully saturated rings. The number of hydrogen-bond donors (Lipinski definition) is 2. The minimum atomic E-state index is -1.39. The second kappa shape index (κ2) is 7.23. The van der Waals surface area contributed by atoms with E-state index >= 15 is 0 Å². The standard InChI is InChI=1S/C13H15ClO5/c1-2-19-12(17)6-11(16)13(18)10-5-9(14)4-3-8(10)7-15/h3-5,7,11,13,16,18H,2,6H2,1H3. The molecule has 2 unspecified atom stereocenters. The molecule has 1 rings (SSSR count). The largest absolute Gasteiger partial charge is 0.466 e. The maximum Gasteiger partial charge on any atom is 0.308 e. The number of aldehydes is 1. The quantitative estimate of drug-likeness (QED) is 0.611. The van der Waals surface area contributed by atoms with Gasteiger partial charge in [-0.25, -0.2) is 0 Å². The summed E-state index contributed by atoms with van der Waals surface area (Å²) in [5.74, 6) is -0.622. The minimum absolute atomic E-state index is 0.180. The molecular formula is C13H15ClO5. The smallest absolute Gasteiger partial charge is 0.308 e. The molecule has 0 aliphatic rings. The highest BCUT2D eigenvalue weighted by Gasteiger charge is 2.24. The van der Waals surface area contributed by atoms with Crippen LogP contribution in [0.5, 0.6) is 0 Å². The highest BCUT2D eigenvalue weighted by Crippen LogP contribution is 2.25. The lowest BCUT2D eigenvalue weighted by Gasteiger charge is -2.19. The lowest BCUT2D eigenvalue weighted by atomic mass is 9.98. The Morgan fingerprint density at radius 3 is 2.74 bits per heavy atom. The van der Waals surface area contributed by atoms with Gasteiger partial charge in [-0.1, -0.05) is 11.6 Å². The number of carbonyl (C=O) groups is 2. The molecule has 1 aromatic carbocycles. The molecule has 5 nitrogen and oxygen atoms in total. The van der Waals surface area contributed by atoms with E-state index in [1.54, 1.807) is 6.92 Å². The van der Waals surface area contributed by atoms with Crippen LogP contribution >= 0.6 is 11.6 Å². The number of hydrogen-bond acceptors (Lipinski definition) is 5. The van der Waals surface area contributed by atoms with Gasteiger partial charge in [0.1, 0.15) is 12.4 Å². The molecule has 0 aliphatic carbocycles. The first-order chi connectivity index (χ1) is 8.99. The maximum absolute atomic E-state index is 11.2. The Morgan fingerprint density at radius 2 is 2.16 bits per heavy atom. The molecule has 104 valence electrons. The second-order valence-electron chi connectivity index (χ2n) is 3.91. The van der Waals surface area contributed by atoms with Gasteiger partial charge in [0.2, 0.25) is 0 Å². The number of ether oxygens (including phenoxy) is 1. The average molecular weight is 287 g/mol. The van der Waals surface area contributed by atoms with Gasteiger partial charge in [-0.3, -0.25) is 9.59 Å². The summed E-state index contributed by atoms with van der Waals surface area (Å²) in [6.45, 7) is 1.83. The third-order valence-electron chi connectivity index (χ3n) is 2.54. The number of rotatable bonds is 6. The number of carbonyl (C=O) groups excluding carboxylic acids is 2. The summed E-state index contributed by atoms with van der Waals surface area (Å²) in [4.78, 5) is 22.1. The zero-order valence-corrected chi connectivity index (χ0v) is 11.1. The topological polar surface area (TPSA) is 83.8 Å². The van der Waals surface area contributed by atoms with E-state index in [-0.39, 0.29) is 24.2 Å². The van der Waals surface area contributed by atoms with Crippen LogP contribution in [0.2, 0.25) is 5.02 Å². The van der Waals surface area contributed by atoms with Crippen molar-refractivity contribution in [1.82, 2.24) is 0 Å². The molecule has 0 saturated carbocycles. The molecule has 2 atom stereocenters. The van der Waals surface area contributed by atoms with Gasteiger partial charge in [-0.15, -0.1) is 0 Å². The number of halogens is 1. The summed E-state index contributed by atoms with van der Waals surface area (Å²) < 4.78 is 4.67. The predicted octanol–water partition coefficient (Wildman–Crippen LogP) is 1.50. The van der Waals surface area contributed by atoms with Crippen LogP contribution in [0.15, 0.2) is 18.2 Å². The Bertz CT molecular complexity index is 460. The molecule has 0 spiro atoms. The minimum Gasteiger partial charge on any atom is -0.466 e. The summed E-state index contributed by atoms with van der Waals surface area (Å²) in [6.07, 6.45) is -2.56. The summed E-state index contributed by atoms with van der Waals surface area (Å²) in [6, 6.07) is 4.31. The van der Waals surface area contributed by atoms with E-state index in [4.69, 9.17) is 11.6 Å². The van der Waals surface area contributed by atoms with Crippen LogP contribution in [0.1, 0.15) is 35.4 Å². The fourth-order valence-corrected chi connectivity index (χ4v) is 1.80. The summed E-state index contributed by atoms with van der Waals surface area (Å²) in [5, 5.41) is 20.1. The van der Waals surface area contributed by atoms with Crippen molar-refractivity contribution in [2.75, 3.05) is 6.61 Å². The van der Waals surface area contributed by atoms with Crippen molar-refractivity contribution in [3.8, 4) is 0 Å². The van der Waals surface area contributed by atoms with E-state index in [2.05, 4.69) is 4.74 Å². The fraction of sp³-hybridized carbons (Fsp3) is 0.385. The summed E-state index contributed by atoms with van der Waals surface area (Å²) in [5.41, 5.74) is 0.388. The maximum atomic E-state index is 11.2. The van der Waals surface area contributed by atoms with Crippen LogP contribution in [-0.4, -0.2) is 35.2 Å². The molecule has 19 heavy (non-hydrogen) atoms. The lowest BCUT2D eigenvalue weighted by Crippen LogP contribution is -2.24. The Hall–Kier alpha value is -1.43. The van der Waals surface area contributed by atoms with Crippen LogP contribution < -0.4 is 0 Å². The molecular weight excluding hydrogens is 272 g/mol. The van der Waals surface area contributed by atoms with E-state index in [0.29, 0.717) is 11.3 Å². The fourth-order valence-electron chi connectivity index (χ4n) is 1.62. The zero-order valence-electron chi connectivity index (χ0n) is 10.4. The normalized spacial score (nSPS) is 13.7. The second-order valence-corrected chi connectivity index (χ2v) is 4.35. The molecule has 6 heteroatoms. The molecule has 0 aromatic heterocycles. The Morgan fingerprint density at radius 1 is 1.47 bits per heavy atom. The monoisotopic (exact) mass is 286 g/mol. The third kappa shape index (κ3) is 4.31. The van der Waals surface area contributed by atoms with Crippen LogP contribution in [0, 0.1) is 0 Å². The van der Waals surface area contributed by atoms with Crippen molar-refractivity contribution in [1.29, 1.82) is 0 Å². The van der Waals surface area contributed by atoms with Crippen LogP contribution in [-0.2, 0) is 9.53 Å². The molecule has 1 aromatic rings. The third-order valence-corrected chi connectivity index (χ3v) is 2.78. The lowest BCUT2D eigenvalue weighted by molar-refractivity contribution is -0.147. The molecule has 0 saturated heterocycles. The van der Waals surface area contributed by atoms with E-state index < -0.39 is 18.2 Å². The molecule has 0 amide bonds. The zero-order chi connectivity index (χ0) is 14.4. The highest BCUT2D eigenvalue weighted by molar-refractivity contribution is 6.30. The first-order valence-corrected chi connectivity index (χ1v) is 6.13. The van der Waals surface area contributed by atoms with E-state index in [1.165, 1.54) is 18.2 Å². The van der Waals surface area contributed by atoms with Crippen molar-refractivity contribution in [3.63, 3.8) is 0 Å². The van der Waals surface area contributed by atoms with Gasteiger partial charge in [0, 0.05) is 10.6 Å². The number of esters is 1. The molecule has 0 aliphatic heterocycles. The van der Waals surface area contributed by atoms with Crippen LogP contribution in [0.3, 0.4) is 0 Å². The Labute approximate surface area is 115 Å². The average Bonchev–Trinajstić information content (AvgIpc) is 2.37. The van der Waals surface area contributed by atoms with E-state index in [1.807, 2.05) is 0 Å². The van der Waals surface area contributed by atoms with Crippen molar-refractivity contribution in [2.45, 2.75) is 25.6 Å². The molecule has 0 bridgehead atoms. The Balaban J connectivity index is 2.86.